The molecule has 0 aliphatic carbocycles. The summed E-state index contributed by atoms with van der Waals surface area (Å²) in [5.41, 5.74) is 4.58. The number of fused-ring (bicyclic) bond motifs is 1. The number of aromatic nitrogens is 3. The number of anilines is 1. The second-order valence-electron chi connectivity index (χ2n) is 10.9. The number of hydrogen-bond donors (Lipinski definition) is 1. The Bertz CT molecular complexity index is 1980. The van der Waals surface area contributed by atoms with Crippen molar-refractivity contribution in [1.82, 2.24) is 24.8 Å². The molecule has 5 rings (SSSR count). The van der Waals surface area contributed by atoms with E-state index in [1.54, 1.807) is 76.1 Å². The van der Waals surface area contributed by atoms with Crippen molar-refractivity contribution in [1.29, 1.82) is 0 Å². The van der Waals surface area contributed by atoms with Crippen molar-refractivity contribution >= 4 is 63.6 Å². The number of halogens is 2. The summed E-state index contributed by atoms with van der Waals surface area (Å²) < 4.78 is 8.13. The first-order valence-electron chi connectivity index (χ1n) is 14.6. The van der Waals surface area contributed by atoms with Gasteiger partial charge in [0, 0.05) is 66.8 Å². The van der Waals surface area contributed by atoms with Crippen molar-refractivity contribution in [2.24, 2.45) is 0 Å². The summed E-state index contributed by atoms with van der Waals surface area (Å²) in [7, 11) is 4.92. The SMILES string of the molecule is Cc1cc(-n2ccnc2)c2cccc(OCc3c(Cl)ccc(N(C)C(=O)CNC(=O)C=Cc4ccc(C(=O)N(C)C)cc4)c3Cl)c2n1. The molecule has 0 saturated heterocycles. The largest absolute Gasteiger partial charge is 0.487 e. The number of nitrogens with zero attached hydrogens (tertiary/aromatic N) is 5. The fourth-order valence-electron chi connectivity index (χ4n) is 4.83. The topological polar surface area (TPSA) is 110 Å². The molecule has 1 N–H and O–H groups in total. The van der Waals surface area contributed by atoms with Gasteiger partial charge in [-0.3, -0.25) is 14.4 Å². The summed E-state index contributed by atoms with van der Waals surface area (Å²) >= 11 is 13.3. The number of pyridine rings is 1. The number of likely N-dealkylation sites (N-methyl/N-ethyl adjacent to an activating group) is 1. The van der Waals surface area contributed by atoms with Crippen LogP contribution in [0.3, 0.4) is 0 Å². The number of carbonyl (C=O) groups is 3. The lowest BCUT2D eigenvalue weighted by molar-refractivity contribution is -0.122. The molecular weight excluding hydrogens is 639 g/mol. The van der Waals surface area contributed by atoms with Gasteiger partial charge in [-0.15, -0.1) is 0 Å². The lowest BCUT2D eigenvalue weighted by atomic mass is 10.1. The predicted molar refractivity (Wildman–Crippen MR) is 184 cm³/mol. The third kappa shape index (κ3) is 7.62. The van der Waals surface area contributed by atoms with E-state index in [4.69, 9.17) is 32.9 Å². The Balaban J connectivity index is 1.24. The Labute approximate surface area is 282 Å². The van der Waals surface area contributed by atoms with Crippen LogP contribution in [0.15, 0.2) is 85.5 Å². The zero-order valence-electron chi connectivity index (χ0n) is 26.2. The summed E-state index contributed by atoms with van der Waals surface area (Å²) in [6.45, 7) is 1.67. The third-order valence-electron chi connectivity index (χ3n) is 7.37. The van der Waals surface area contributed by atoms with Crippen LogP contribution in [0.2, 0.25) is 10.0 Å². The molecule has 2 heterocycles. The zero-order valence-corrected chi connectivity index (χ0v) is 27.7. The number of carbonyl (C=O) groups excluding carboxylic acids is 3. The number of imidazole rings is 1. The number of aryl methyl sites for hydroxylation is 1. The van der Waals surface area contributed by atoms with Gasteiger partial charge in [0.1, 0.15) is 17.9 Å². The second kappa shape index (κ2) is 14.5. The first kappa shape index (κ1) is 33.2. The van der Waals surface area contributed by atoms with Gasteiger partial charge < -0.3 is 24.4 Å². The molecule has 0 saturated carbocycles. The predicted octanol–water partition coefficient (Wildman–Crippen LogP) is 6.11. The second-order valence-corrected chi connectivity index (χ2v) is 11.7. The van der Waals surface area contributed by atoms with E-state index in [2.05, 4.69) is 10.3 Å². The molecule has 0 bridgehead atoms. The van der Waals surface area contributed by atoms with Crippen LogP contribution in [0.1, 0.15) is 27.2 Å². The average molecular weight is 672 g/mol. The highest BCUT2D eigenvalue weighted by atomic mass is 35.5. The minimum absolute atomic E-state index is 0.0223. The maximum absolute atomic E-state index is 13.0. The summed E-state index contributed by atoms with van der Waals surface area (Å²) in [5.74, 6) is -0.413. The Morgan fingerprint density at radius 3 is 2.49 bits per heavy atom. The van der Waals surface area contributed by atoms with Gasteiger partial charge >= 0.3 is 0 Å². The molecular formula is C35H32Cl2N6O4. The number of benzene rings is 3. The first-order chi connectivity index (χ1) is 22.5. The molecule has 0 spiro atoms. The van der Waals surface area contributed by atoms with Crippen molar-refractivity contribution in [2.75, 3.05) is 32.6 Å². The van der Waals surface area contributed by atoms with Crippen LogP contribution in [0.5, 0.6) is 5.75 Å². The molecule has 3 amide bonds. The fourth-order valence-corrected chi connectivity index (χ4v) is 5.43. The number of ether oxygens (including phenoxy) is 1. The van der Waals surface area contributed by atoms with E-state index in [1.807, 2.05) is 42.0 Å². The van der Waals surface area contributed by atoms with Crippen LogP contribution in [-0.4, -0.2) is 64.8 Å². The third-order valence-corrected chi connectivity index (χ3v) is 8.15. The van der Waals surface area contributed by atoms with Crippen LogP contribution in [0.25, 0.3) is 22.7 Å². The highest BCUT2D eigenvalue weighted by Crippen LogP contribution is 2.36. The Morgan fingerprint density at radius 2 is 1.79 bits per heavy atom. The summed E-state index contributed by atoms with van der Waals surface area (Å²) in [4.78, 5) is 49.2. The molecule has 3 aromatic carbocycles. The van der Waals surface area contributed by atoms with Gasteiger partial charge in [-0.25, -0.2) is 9.97 Å². The molecule has 0 aliphatic rings. The summed E-state index contributed by atoms with van der Waals surface area (Å²) in [5, 5.41) is 4.10. The van der Waals surface area contributed by atoms with E-state index in [0.29, 0.717) is 33.1 Å². The van der Waals surface area contributed by atoms with Crippen molar-refractivity contribution in [3.8, 4) is 11.4 Å². The Hall–Kier alpha value is -5.19. The quantitative estimate of drug-likeness (QED) is 0.180. The minimum Gasteiger partial charge on any atom is -0.487 e. The fraction of sp³-hybridized carbons (Fsp3) is 0.171. The lowest BCUT2D eigenvalue weighted by Gasteiger charge is -2.21. The van der Waals surface area contributed by atoms with Gasteiger partial charge in [-0.1, -0.05) is 47.5 Å². The maximum atomic E-state index is 13.0. The molecule has 5 aromatic rings. The molecule has 0 fully saturated rings. The van der Waals surface area contributed by atoms with Gasteiger partial charge in [0.2, 0.25) is 11.8 Å². The smallest absolute Gasteiger partial charge is 0.253 e. The molecule has 0 unspecified atom stereocenters. The van der Waals surface area contributed by atoms with E-state index < -0.39 is 11.8 Å². The zero-order chi connectivity index (χ0) is 33.7. The molecule has 0 radical (unpaired) electrons. The van der Waals surface area contributed by atoms with Gasteiger partial charge in [0.25, 0.3) is 5.91 Å². The van der Waals surface area contributed by atoms with E-state index in [0.717, 1.165) is 22.3 Å². The van der Waals surface area contributed by atoms with Crippen LogP contribution >= 0.6 is 23.2 Å². The van der Waals surface area contributed by atoms with Crippen molar-refractivity contribution in [2.45, 2.75) is 13.5 Å². The van der Waals surface area contributed by atoms with Crippen LogP contribution in [0, 0.1) is 6.92 Å². The van der Waals surface area contributed by atoms with Gasteiger partial charge in [-0.2, -0.15) is 0 Å². The van der Waals surface area contributed by atoms with Crippen molar-refractivity contribution in [3.05, 3.63) is 118 Å². The monoisotopic (exact) mass is 670 g/mol. The number of hydrogen-bond acceptors (Lipinski definition) is 6. The van der Waals surface area contributed by atoms with E-state index in [1.165, 1.54) is 15.9 Å². The van der Waals surface area contributed by atoms with Crippen molar-refractivity contribution in [3.63, 3.8) is 0 Å². The molecule has 10 nitrogen and oxygen atoms in total. The molecule has 0 atom stereocenters. The van der Waals surface area contributed by atoms with Gasteiger partial charge in [0.05, 0.1) is 29.3 Å². The molecule has 240 valence electrons. The average Bonchev–Trinajstić information content (AvgIpc) is 3.60. The summed E-state index contributed by atoms with van der Waals surface area (Å²) in [6.07, 6.45) is 8.22. The normalized spacial score (nSPS) is 11.1. The molecule has 2 aromatic heterocycles. The van der Waals surface area contributed by atoms with E-state index in [-0.39, 0.29) is 24.1 Å². The first-order valence-corrected chi connectivity index (χ1v) is 15.3. The van der Waals surface area contributed by atoms with Gasteiger partial charge in [0.15, 0.2) is 0 Å². The number of para-hydroxylation sites is 1. The number of nitrogens with one attached hydrogen (secondary N) is 1. The van der Waals surface area contributed by atoms with Crippen LogP contribution in [-0.2, 0) is 16.2 Å². The molecule has 12 heteroatoms. The number of rotatable bonds is 10. The molecule has 47 heavy (non-hydrogen) atoms. The molecule has 0 aliphatic heterocycles. The lowest BCUT2D eigenvalue weighted by Crippen LogP contribution is -2.37. The minimum atomic E-state index is -0.452. The van der Waals surface area contributed by atoms with E-state index in [9.17, 15) is 14.4 Å². The standard InChI is InChI=1S/C35H32Cl2N6O4/c1-22-18-29(43-17-16-38-21-43)25-6-5-7-30(34(25)40-22)47-20-26-27(36)13-14-28(33(26)37)42(4)32(45)19-39-31(44)15-10-23-8-11-24(12-9-23)35(46)41(2)3/h5-18,21H,19-20H2,1-4H3,(H,39,44). The highest BCUT2D eigenvalue weighted by molar-refractivity contribution is 6.38. The maximum Gasteiger partial charge on any atom is 0.253 e. The van der Waals surface area contributed by atoms with E-state index >= 15 is 0 Å². The van der Waals surface area contributed by atoms with Crippen LogP contribution < -0.4 is 15.0 Å². The number of amides is 3. The van der Waals surface area contributed by atoms with Crippen molar-refractivity contribution < 1.29 is 19.1 Å². The van der Waals surface area contributed by atoms with Crippen LogP contribution in [0.4, 0.5) is 5.69 Å². The summed E-state index contributed by atoms with van der Waals surface area (Å²) in [6, 6.07) is 17.8. The Kier molecular flexibility index (Phi) is 10.2. The van der Waals surface area contributed by atoms with Gasteiger partial charge in [-0.05, 0) is 55.0 Å². The Morgan fingerprint density at radius 1 is 1.02 bits per heavy atom. The highest BCUT2D eigenvalue weighted by Gasteiger charge is 2.20.